The lowest BCUT2D eigenvalue weighted by atomic mass is 10.0. The van der Waals surface area contributed by atoms with Crippen LogP contribution < -0.4 is 4.74 Å². The van der Waals surface area contributed by atoms with Gasteiger partial charge in [0.05, 0.1) is 24.9 Å². The summed E-state index contributed by atoms with van der Waals surface area (Å²) in [7, 11) is 1.65. The van der Waals surface area contributed by atoms with Crippen molar-refractivity contribution in [3.8, 4) is 17.2 Å². The van der Waals surface area contributed by atoms with Crippen LogP contribution in [0.4, 0.5) is 0 Å². The molecule has 1 saturated heterocycles. The minimum absolute atomic E-state index is 0.0510. The number of hydrogen-bond acceptors (Lipinski definition) is 6. The molecular weight excluding hydrogens is 306 g/mol. The van der Waals surface area contributed by atoms with E-state index in [2.05, 4.69) is 42.8 Å². The standard InChI is InChI=1S/C18H25N3O3/c1-12-10-21(11-18(3,4)24-12)13(2)16-19-20-17(23-16)14-6-8-15(22-5)9-7-14/h6-9,12-13H,10-11H2,1-5H3/t12-,13+/m1/s1. The van der Waals surface area contributed by atoms with Crippen LogP contribution >= 0.6 is 0 Å². The molecule has 6 nitrogen and oxygen atoms in total. The summed E-state index contributed by atoms with van der Waals surface area (Å²) in [5, 5.41) is 8.45. The topological polar surface area (TPSA) is 60.6 Å². The van der Waals surface area contributed by atoms with E-state index < -0.39 is 0 Å². The van der Waals surface area contributed by atoms with Gasteiger partial charge >= 0.3 is 0 Å². The highest BCUT2D eigenvalue weighted by molar-refractivity contribution is 5.53. The Morgan fingerprint density at radius 3 is 2.58 bits per heavy atom. The number of rotatable bonds is 4. The Morgan fingerprint density at radius 2 is 1.96 bits per heavy atom. The maximum atomic E-state index is 5.97. The van der Waals surface area contributed by atoms with Crippen molar-refractivity contribution in [1.29, 1.82) is 0 Å². The van der Waals surface area contributed by atoms with Crippen LogP contribution in [0.25, 0.3) is 11.5 Å². The molecule has 1 aromatic heterocycles. The number of morpholine rings is 1. The van der Waals surface area contributed by atoms with Crippen LogP contribution in [-0.2, 0) is 4.74 Å². The van der Waals surface area contributed by atoms with Crippen LogP contribution in [0.15, 0.2) is 28.7 Å². The first-order valence-electron chi connectivity index (χ1n) is 8.27. The Kier molecular flexibility index (Phi) is 4.60. The highest BCUT2D eigenvalue weighted by Gasteiger charge is 2.35. The molecule has 0 unspecified atom stereocenters. The maximum Gasteiger partial charge on any atom is 0.247 e. The van der Waals surface area contributed by atoms with Crippen LogP contribution in [-0.4, -0.2) is 47.0 Å². The number of methoxy groups -OCH3 is 1. The van der Waals surface area contributed by atoms with Crippen LogP contribution in [0, 0.1) is 0 Å². The van der Waals surface area contributed by atoms with Gasteiger partial charge in [0.2, 0.25) is 11.8 Å². The fourth-order valence-electron chi connectivity index (χ4n) is 3.21. The normalized spacial score (nSPS) is 22.3. The summed E-state index contributed by atoms with van der Waals surface area (Å²) >= 11 is 0. The summed E-state index contributed by atoms with van der Waals surface area (Å²) < 4.78 is 17.1. The second-order valence-corrected chi connectivity index (χ2v) is 6.97. The SMILES string of the molecule is COc1ccc(-c2nnc([C@H](C)N3C[C@@H](C)OC(C)(C)C3)o2)cc1. The van der Waals surface area contributed by atoms with Gasteiger partial charge in [-0.3, -0.25) is 4.90 Å². The highest BCUT2D eigenvalue weighted by atomic mass is 16.5. The van der Waals surface area contributed by atoms with Crippen LogP contribution in [0.2, 0.25) is 0 Å². The molecule has 2 heterocycles. The molecule has 0 bridgehead atoms. The van der Waals surface area contributed by atoms with Gasteiger partial charge in [0.25, 0.3) is 0 Å². The van der Waals surface area contributed by atoms with Crippen molar-refractivity contribution in [2.75, 3.05) is 20.2 Å². The van der Waals surface area contributed by atoms with Crippen molar-refractivity contribution in [3.63, 3.8) is 0 Å². The maximum absolute atomic E-state index is 5.97. The molecule has 2 atom stereocenters. The van der Waals surface area contributed by atoms with Crippen molar-refractivity contribution in [3.05, 3.63) is 30.2 Å². The van der Waals surface area contributed by atoms with Gasteiger partial charge in [0.15, 0.2) is 0 Å². The predicted octanol–water partition coefficient (Wildman–Crippen LogP) is 3.31. The van der Waals surface area contributed by atoms with Crippen molar-refractivity contribution in [2.24, 2.45) is 0 Å². The van der Waals surface area contributed by atoms with Gasteiger partial charge < -0.3 is 13.9 Å². The Morgan fingerprint density at radius 1 is 1.25 bits per heavy atom. The molecule has 0 radical (unpaired) electrons. The summed E-state index contributed by atoms with van der Waals surface area (Å²) in [6.45, 7) is 10.1. The molecule has 2 aromatic rings. The van der Waals surface area contributed by atoms with E-state index in [-0.39, 0.29) is 17.7 Å². The van der Waals surface area contributed by atoms with Crippen LogP contribution in [0.3, 0.4) is 0 Å². The van der Waals surface area contributed by atoms with Gasteiger partial charge in [-0.25, -0.2) is 0 Å². The van der Waals surface area contributed by atoms with Crippen molar-refractivity contribution in [1.82, 2.24) is 15.1 Å². The lowest BCUT2D eigenvalue weighted by molar-refractivity contribution is -0.138. The predicted molar refractivity (Wildman–Crippen MR) is 90.9 cm³/mol. The Labute approximate surface area is 142 Å². The molecular formula is C18H25N3O3. The van der Waals surface area contributed by atoms with Gasteiger partial charge in [-0.05, 0) is 52.0 Å². The molecule has 0 aliphatic carbocycles. The lowest BCUT2D eigenvalue weighted by Gasteiger charge is -2.43. The zero-order valence-corrected chi connectivity index (χ0v) is 14.9. The molecule has 0 spiro atoms. The van der Waals surface area contributed by atoms with Gasteiger partial charge in [-0.1, -0.05) is 0 Å². The third kappa shape index (κ3) is 3.60. The Bertz CT molecular complexity index is 681. The van der Waals surface area contributed by atoms with E-state index in [1.165, 1.54) is 0 Å². The van der Waals surface area contributed by atoms with Crippen molar-refractivity contribution < 1.29 is 13.9 Å². The quantitative estimate of drug-likeness (QED) is 0.856. The fraction of sp³-hybridized carbons (Fsp3) is 0.556. The highest BCUT2D eigenvalue weighted by Crippen LogP contribution is 2.30. The van der Waals surface area contributed by atoms with Crippen LogP contribution in [0.1, 0.15) is 39.6 Å². The van der Waals surface area contributed by atoms with Gasteiger partial charge in [0, 0.05) is 18.7 Å². The summed E-state index contributed by atoms with van der Waals surface area (Å²) in [4.78, 5) is 2.33. The smallest absolute Gasteiger partial charge is 0.247 e. The first-order chi connectivity index (χ1) is 11.4. The van der Waals surface area contributed by atoms with Crippen molar-refractivity contribution in [2.45, 2.75) is 45.4 Å². The van der Waals surface area contributed by atoms with Crippen LogP contribution in [0.5, 0.6) is 5.75 Å². The summed E-state index contributed by atoms with van der Waals surface area (Å²) in [5.41, 5.74) is 0.711. The molecule has 0 saturated carbocycles. The summed E-state index contributed by atoms with van der Waals surface area (Å²) in [6.07, 6.45) is 0.181. The molecule has 1 fully saturated rings. The molecule has 1 aliphatic rings. The zero-order valence-electron chi connectivity index (χ0n) is 14.9. The second-order valence-electron chi connectivity index (χ2n) is 6.97. The second kappa shape index (κ2) is 6.53. The Hall–Kier alpha value is -1.92. The summed E-state index contributed by atoms with van der Waals surface area (Å²) in [5.74, 6) is 1.96. The fourth-order valence-corrected chi connectivity index (χ4v) is 3.21. The molecule has 1 aliphatic heterocycles. The molecule has 1 aromatic carbocycles. The van der Waals surface area contributed by atoms with E-state index in [0.29, 0.717) is 11.8 Å². The van der Waals surface area contributed by atoms with E-state index in [1.54, 1.807) is 7.11 Å². The monoisotopic (exact) mass is 331 g/mol. The molecule has 0 N–H and O–H groups in total. The first-order valence-corrected chi connectivity index (χ1v) is 8.27. The lowest BCUT2D eigenvalue weighted by Crippen LogP contribution is -2.52. The number of benzene rings is 1. The van der Waals surface area contributed by atoms with Gasteiger partial charge in [-0.15, -0.1) is 10.2 Å². The average Bonchev–Trinajstić information content (AvgIpc) is 3.02. The zero-order chi connectivity index (χ0) is 17.3. The van der Waals surface area contributed by atoms with E-state index >= 15 is 0 Å². The van der Waals surface area contributed by atoms with E-state index in [1.807, 2.05) is 24.3 Å². The largest absolute Gasteiger partial charge is 0.497 e. The number of aromatic nitrogens is 2. The minimum atomic E-state index is -0.176. The van der Waals surface area contributed by atoms with E-state index in [9.17, 15) is 0 Å². The number of hydrogen-bond donors (Lipinski definition) is 0. The first kappa shape index (κ1) is 16.9. The molecule has 3 rings (SSSR count). The third-order valence-electron chi connectivity index (χ3n) is 4.28. The summed E-state index contributed by atoms with van der Waals surface area (Å²) in [6, 6.07) is 7.65. The van der Waals surface area contributed by atoms with Gasteiger partial charge in [0.1, 0.15) is 5.75 Å². The Balaban J connectivity index is 1.76. The molecule has 130 valence electrons. The third-order valence-corrected chi connectivity index (χ3v) is 4.28. The molecule has 6 heteroatoms. The number of nitrogens with zero attached hydrogens (tertiary/aromatic N) is 3. The van der Waals surface area contributed by atoms with Crippen molar-refractivity contribution >= 4 is 0 Å². The molecule has 0 amide bonds. The minimum Gasteiger partial charge on any atom is -0.497 e. The van der Waals surface area contributed by atoms with E-state index in [4.69, 9.17) is 13.9 Å². The average molecular weight is 331 g/mol. The van der Waals surface area contributed by atoms with Gasteiger partial charge in [-0.2, -0.15) is 0 Å². The number of ether oxygens (including phenoxy) is 2. The molecule has 24 heavy (non-hydrogen) atoms. The van der Waals surface area contributed by atoms with E-state index in [0.717, 1.165) is 24.4 Å².